The Hall–Kier alpha value is -1.06. The minimum atomic E-state index is -0.309. The van der Waals surface area contributed by atoms with Crippen molar-refractivity contribution in [2.75, 3.05) is 0 Å². The van der Waals surface area contributed by atoms with E-state index in [0.29, 0.717) is 5.92 Å². The van der Waals surface area contributed by atoms with Gasteiger partial charge in [0.25, 0.3) is 0 Å². The molecule has 2 aliphatic carbocycles. The second-order valence-electron chi connectivity index (χ2n) is 7.66. The van der Waals surface area contributed by atoms with E-state index >= 15 is 0 Å². The summed E-state index contributed by atoms with van der Waals surface area (Å²) in [5, 5.41) is 2.94. The molecule has 1 N–H and O–H groups in total. The third-order valence-electron chi connectivity index (χ3n) is 5.28. The van der Waals surface area contributed by atoms with Gasteiger partial charge in [0.05, 0.1) is 0 Å². The maximum absolute atomic E-state index is 12.8. The molecule has 0 aromatic heterocycles. The van der Waals surface area contributed by atoms with Crippen molar-refractivity contribution in [3.63, 3.8) is 0 Å². The zero-order chi connectivity index (χ0) is 14.5. The van der Waals surface area contributed by atoms with Gasteiger partial charge in [-0.25, -0.2) is 0 Å². The van der Waals surface area contributed by atoms with Crippen LogP contribution in [0.15, 0.2) is 0 Å². The minimum absolute atomic E-state index is 0.0323. The molecule has 4 nitrogen and oxygen atoms in total. The van der Waals surface area contributed by atoms with Crippen LogP contribution in [0.1, 0.15) is 59.3 Å². The fraction of sp³-hybridized carbons (Fsp3) is 0.875. The molecule has 1 saturated heterocycles. The van der Waals surface area contributed by atoms with Gasteiger partial charge in [0.1, 0.15) is 12.1 Å². The average molecular weight is 278 g/mol. The summed E-state index contributed by atoms with van der Waals surface area (Å²) < 4.78 is 0. The SMILES string of the molecule is CC1C(=O)NC(C2CC2)C(=O)N1C1CCCC(C)(C)C1. The molecule has 2 amide bonds. The van der Waals surface area contributed by atoms with E-state index in [9.17, 15) is 9.59 Å². The Labute approximate surface area is 121 Å². The van der Waals surface area contributed by atoms with Gasteiger partial charge in [-0.2, -0.15) is 0 Å². The van der Waals surface area contributed by atoms with Gasteiger partial charge in [-0.05, 0) is 50.4 Å². The predicted molar refractivity (Wildman–Crippen MR) is 77.0 cm³/mol. The molecular formula is C16H26N2O2. The summed E-state index contributed by atoms with van der Waals surface area (Å²) in [5.41, 5.74) is 0.284. The van der Waals surface area contributed by atoms with Crippen molar-refractivity contribution in [1.29, 1.82) is 0 Å². The first-order valence-corrected chi connectivity index (χ1v) is 8.02. The molecule has 1 heterocycles. The van der Waals surface area contributed by atoms with Gasteiger partial charge in [-0.3, -0.25) is 9.59 Å². The van der Waals surface area contributed by atoms with Gasteiger partial charge >= 0.3 is 0 Å². The zero-order valence-corrected chi connectivity index (χ0v) is 12.8. The van der Waals surface area contributed by atoms with Crippen LogP contribution in [0.5, 0.6) is 0 Å². The van der Waals surface area contributed by atoms with Crippen molar-refractivity contribution in [1.82, 2.24) is 10.2 Å². The van der Waals surface area contributed by atoms with Crippen molar-refractivity contribution in [3.8, 4) is 0 Å². The number of hydrogen-bond donors (Lipinski definition) is 1. The van der Waals surface area contributed by atoms with Gasteiger partial charge in [0.15, 0.2) is 0 Å². The van der Waals surface area contributed by atoms with E-state index in [-0.39, 0.29) is 35.4 Å². The number of rotatable bonds is 2. The largest absolute Gasteiger partial charge is 0.342 e. The topological polar surface area (TPSA) is 49.4 Å². The van der Waals surface area contributed by atoms with Crippen molar-refractivity contribution >= 4 is 11.8 Å². The molecule has 3 atom stereocenters. The van der Waals surface area contributed by atoms with Gasteiger partial charge in [0.2, 0.25) is 11.8 Å². The molecular weight excluding hydrogens is 252 g/mol. The number of carbonyl (C=O) groups excluding carboxylic acids is 2. The Morgan fingerprint density at radius 2 is 1.90 bits per heavy atom. The number of amides is 2. The standard InChI is InChI=1S/C16H26N2O2/c1-10-14(19)17-13(11-6-7-11)15(20)18(10)12-5-4-8-16(2,3)9-12/h10-13H,4-9H2,1-3H3,(H,17,19). The molecule has 3 unspecified atom stereocenters. The highest BCUT2D eigenvalue weighted by molar-refractivity contribution is 5.97. The Kier molecular flexibility index (Phi) is 3.30. The minimum Gasteiger partial charge on any atom is -0.342 e. The molecule has 4 heteroatoms. The third kappa shape index (κ3) is 2.45. The zero-order valence-electron chi connectivity index (χ0n) is 12.8. The summed E-state index contributed by atoms with van der Waals surface area (Å²) in [4.78, 5) is 26.9. The number of piperazine rings is 1. The van der Waals surface area contributed by atoms with Crippen molar-refractivity contribution in [3.05, 3.63) is 0 Å². The normalized spacial score (nSPS) is 37.8. The van der Waals surface area contributed by atoms with E-state index in [1.807, 2.05) is 11.8 Å². The van der Waals surface area contributed by atoms with Crippen LogP contribution in [-0.2, 0) is 9.59 Å². The van der Waals surface area contributed by atoms with E-state index in [1.165, 1.54) is 6.42 Å². The highest BCUT2D eigenvalue weighted by Crippen LogP contribution is 2.40. The van der Waals surface area contributed by atoms with Crippen molar-refractivity contribution < 1.29 is 9.59 Å². The molecule has 1 aliphatic heterocycles. The van der Waals surface area contributed by atoms with Crippen LogP contribution < -0.4 is 5.32 Å². The number of hydrogen-bond acceptors (Lipinski definition) is 2. The first kappa shape index (κ1) is 13.9. The lowest BCUT2D eigenvalue weighted by atomic mass is 9.74. The van der Waals surface area contributed by atoms with Crippen LogP contribution in [0.4, 0.5) is 0 Å². The summed E-state index contributed by atoms with van der Waals surface area (Å²) in [5.74, 6) is 0.588. The fourth-order valence-electron chi connectivity index (χ4n) is 3.95. The Morgan fingerprint density at radius 1 is 1.20 bits per heavy atom. The third-order valence-corrected chi connectivity index (χ3v) is 5.28. The fourth-order valence-corrected chi connectivity index (χ4v) is 3.95. The smallest absolute Gasteiger partial charge is 0.246 e. The van der Waals surface area contributed by atoms with Gasteiger partial charge in [-0.1, -0.05) is 20.3 Å². The lowest BCUT2D eigenvalue weighted by Crippen LogP contribution is -2.66. The van der Waals surface area contributed by atoms with Gasteiger partial charge < -0.3 is 10.2 Å². The Balaban J connectivity index is 1.81. The van der Waals surface area contributed by atoms with E-state index in [2.05, 4.69) is 19.2 Å². The summed E-state index contributed by atoms with van der Waals surface area (Å²) in [6, 6.07) is -0.311. The second kappa shape index (κ2) is 4.74. The molecule has 3 fully saturated rings. The summed E-state index contributed by atoms with van der Waals surface area (Å²) in [6.07, 6.45) is 6.60. The molecule has 0 spiro atoms. The summed E-state index contributed by atoms with van der Waals surface area (Å²) in [7, 11) is 0. The van der Waals surface area contributed by atoms with Crippen molar-refractivity contribution in [2.45, 2.75) is 77.4 Å². The number of nitrogens with zero attached hydrogens (tertiary/aromatic N) is 1. The number of nitrogens with one attached hydrogen (secondary N) is 1. The van der Waals surface area contributed by atoms with Crippen LogP contribution in [0, 0.1) is 11.3 Å². The highest BCUT2D eigenvalue weighted by atomic mass is 16.2. The van der Waals surface area contributed by atoms with Crippen LogP contribution >= 0.6 is 0 Å². The quantitative estimate of drug-likeness (QED) is 0.840. The molecule has 2 saturated carbocycles. The average Bonchev–Trinajstić information content (AvgIpc) is 3.17. The highest BCUT2D eigenvalue weighted by Gasteiger charge is 2.48. The molecule has 0 radical (unpaired) electrons. The molecule has 0 bridgehead atoms. The van der Waals surface area contributed by atoms with Crippen LogP contribution in [0.3, 0.4) is 0 Å². The lowest BCUT2D eigenvalue weighted by Gasteiger charge is -2.47. The van der Waals surface area contributed by atoms with Crippen molar-refractivity contribution in [2.24, 2.45) is 11.3 Å². The summed E-state index contributed by atoms with van der Waals surface area (Å²) in [6.45, 7) is 6.42. The van der Waals surface area contributed by atoms with Crippen LogP contribution in [-0.4, -0.2) is 34.8 Å². The van der Waals surface area contributed by atoms with E-state index in [1.54, 1.807) is 0 Å². The molecule has 0 aromatic carbocycles. The summed E-state index contributed by atoms with van der Waals surface area (Å²) >= 11 is 0. The first-order chi connectivity index (χ1) is 9.39. The van der Waals surface area contributed by atoms with E-state index in [0.717, 1.165) is 32.1 Å². The molecule has 0 aromatic rings. The lowest BCUT2D eigenvalue weighted by molar-refractivity contribution is -0.153. The number of carbonyl (C=O) groups is 2. The Morgan fingerprint density at radius 3 is 2.50 bits per heavy atom. The van der Waals surface area contributed by atoms with E-state index < -0.39 is 0 Å². The van der Waals surface area contributed by atoms with E-state index in [4.69, 9.17) is 0 Å². The van der Waals surface area contributed by atoms with Crippen LogP contribution in [0.2, 0.25) is 0 Å². The second-order valence-corrected chi connectivity index (χ2v) is 7.66. The maximum atomic E-state index is 12.8. The maximum Gasteiger partial charge on any atom is 0.246 e. The first-order valence-electron chi connectivity index (χ1n) is 8.02. The monoisotopic (exact) mass is 278 g/mol. The van der Waals surface area contributed by atoms with Crippen LogP contribution in [0.25, 0.3) is 0 Å². The molecule has 112 valence electrons. The predicted octanol–water partition coefficient (Wildman–Crippen LogP) is 2.08. The van der Waals surface area contributed by atoms with Gasteiger partial charge in [0, 0.05) is 6.04 Å². The van der Waals surface area contributed by atoms with Gasteiger partial charge in [-0.15, -0.1) is 0 Å². The molecule has 20 heavy (non-hydrogen) atoms. The Bertz CT molecular complexity index is 428. The molecule has 3 aliphatic rings. The molecule has 3 rings (SSSR count).